The molecule has 0 saturated heterocycles. The van der Waals surface area contributed by atoms with Crippen LogP contribution in [0.25, 0.3) is 11.0 Å². The van der Waals surface area contributed by atoms with E-state index >= 15 is 0 Å². The number of carbonyl (C=O) groups excluding carboxylic acids is 1. The van der Waals surface area contributed by atoms with Crippen molar-refractivity contribution in [3.8, 4) is 5.75 Å². The van der Waals surface area contributed by atoms with E-state index in [1.807, 2.05) is 6.92 Å². The van der Waals surface area contributed by atoms with Gasteiger partial charge in [-0.15, -0.1) is 11.3 Å². The summed E-state index contributed by atoms with van der Waals surface area (Å²) in [7, 11) is 0. The third-order valence-corrected chi connectivity index (χ3v) is 5.23. The van der Waals surface area contributed by atoms with Gasteiger partial charge in [-0.05, 0) is 32.0 Å². The molecule has 1 aromatic carbocycles. The van der Waals surface area contributed by atoms with E-state index in [2.05, 4.69) is 20.8 Å². The Kier molecular flexibility index (Phi) is 7.10. The maximum Gasteiger partial charge on any atom is 0.345 e. The van der Waals surface area contributed by atoms with Crippen LogP contribution in [-0.2, 0) is 16.1 Å². The number of benzene rings is 1. The number of ether oxygens (including phenoxy) is 2. The first-order valence-electron chi connectivity index (χ1n) is 9.01. The van der Waals surface area contributed by atoms with Gasteiger partial charge in [0.25, 0.3) is 0 Å². The van der Waals surface area contributed by atoms with Crippen LogP contribution in [0.3, 0.4) is 0 Å². The maximum atomic E-state index is 12.3. The maximum absolute atomic E-state index is 12.3. The van der Waals surface area contributed by atoms with E-state index in [0.717, 1.165) is 9.88 Å². The molecular formula is C19H22F2N3O5S+. The summed E-state index contributed by atoms with van der Waals surface area (Å²) >= 11 is 1.53. The number of aromatic nitrogens is 1. The smallest absolute Gasteiger partial charge is 0.345 e. The molecule has 2 heterocycles. The number of aliphatic hydroxyl groups excluding tert-OH is 1. The van der Waals surface area contributed by atoms with Gasteiger partial charge in [0.05, 0.1) is 16.5 Å². The third-order valence-electron chi connectivity index (χ3n) is 4.34. The van der Waals surface area contributed by atoms with Crippen LogP contribution in [0.5, 0.6) is 5.75 Å². The number of aliphatic hydroxyl groups is 1. The standard InChI is InChI=1S/C19H21F2N3O5S/c1-9-16(18(26)24-14(17(22)25)8-28-19(20)21)13-5-11(3-4-15(13)29-9)27-7-12-6-23-10(2)30-12/h3-6,14,18-19,24,26H,7-8H2,1-2H3,(H2,22,25)/p+1. The van der Waals surface area contributed by atoms with Crippen LogP contribution in [0.15, 0.2) is 28.8 Å². The number of aryl methyl sites for hydroxylation is 2. The average Bonchev–Trinajstić information content (AvgIpc) is 3.24. The van der Waals surface area contributed by atoms with Gasteiger partial charge in [-0.3, -0.25) is 11.1 Å². The molecule has 3 aromatic rings. The molecule has 1 amide bonds. The molecule has 0 aliphatic carbocycles. The average molecular weight is 442 g/mol. The van der Waals surface area contributed by atoms with Crippen molar-refractivity contribution in [3.05, 3.63) is 45.6 Å². The van der Waals surface area contributed by atoms with Crippen molar-refractivity contribution in [2.45, 2.75) is 39.3 Å². The van der Waals surface area contributed by atoms with Gasteiger partial charge < -0.3 is 19.0 Å². The number of thiazole rings is 1. The molecule has 2 unspecified atom stereocenters. The minimum atomic E-state index is -3.04. The number of nitrogens with one attached hydrogen (secondary N) is 1. The number of fused-ring (bicyclic) bond motifs is 1. The number of furan rings is 1. The zero-order valence-electron chi connectivity index (χ0n) is 16.4. The summed E-state index contributed by atoms with van der Waals surface area (Å²) in [5.74, 6) is 0.267. The van der Waals surface area contributed by atoms with Crippen molar-refractivity contribution in [2.75, 3.05) is 6.61 Å². The van der Waals surface area contributed by atoms with E-state index in [-0.39, 0.29) is 0 Å². The molecule has 2 aromatic heterocycles. The number of rotatable bonds is 10. The molecule has 0 spiro atoms. The summed E-state index contributed by atoms with van der Waals surface area (Å²) in [5.41, 5.74) is 4.09. The number of amides is 1. The van der Waals surface area contributed by atoms with E-state index in [1.165, 1.54) is 11.3 Å². The van der Waals surface area contributed by atoms with Gasteiger partial charge in [0.1, 0.15) is 36.0 Å². The predicted octanol–water partition coefficient (Wildman–Crippen LogP) is 2.04. The number of halogens is 2. The first-order valence-corrected chi connectivity index (χ1v) is 9.83. The number of quaternary nitrogens is 1. The van der Waals surface area contributed by atoms with Crippen LogP contribution in [0.4, 0.5) is 8.78 Å². The van der Waals surface area contributed by atoms with Crippen LogP contribution in [0, 0.1) is 13.8 Å². The predicted molar refractivity (Wildman–Crippen MR) is 104 cm³/mol. The SMILES string of the molecule is Cc1ncc(COc2ccc3oc(C)c(C(O)NC(COC(F)F)C([NH3+])=O)c3c2)s1. The second kappa shape index (κ2) is 9.58. The number of hydrogen-bond donors (Lipinski definition) is 3. The van der Waals surface area contributed by atoms with E-state index in [0.29, 0.717) is 34.6 Å². The highest BCUT2D eigenvalue weighted by Crippen LogP contribution is 2.33. The molecular weight excluding hydrogens is 420 g/mol. The lowest BCUT2D eigenvalue weighted by molar-refractivity contribution is -0.311. The van der Waals surface area contributed by atoms with Crippen molar-refractivity contribution in [3.63, 3.8) is 0 Å². The summed E-state index contributed by atoms with van der Waals surface area (Å²) in [6.07, 6.45) is 0.374. The van der Waals surface area contributed by atoms with Crippen LogP contribution in [0.2, 0.25) is 0 Å². The Balaban J connectivity index is 1.79. The van der Waals surface area contributed by atoms with Crippen LogP contribution in [-0.4, -0.2) is 35.3 Å². The van der Waals surface area contributed by atoms with Gasteiger partial charge in [0, 0.05) is 17.1 Å². The second-order valence-electron chi connectivity index (χ2n) is 6.55. The lowest BCUT2D eigenvalue weighted by atomic mass is 10.1. The highest BCUT2D eigenvalue weighted by Gasteiger charge is 2.27. The summed E-state index contributed by atoms with van der Waals surface area (Å²) in [6.45, 7) is 0.231. The Labute approximate surface area is 174 Å². The largest absolute Gasteiger partial charge is 0.488 e. The summed E-state index contributed by atoms with van der Waals surface area (Å²) in [5, 5.41) is 14.7. The van der Waals surface area contributed by atoms with E-state index in [9.17, 15) is 18.7 Å². The number of nitrogens with zero attached hydrogens (tertiary/aromatic N) is 1. The van der Waals surface area contributed by atoms with Gasteiger partial charge >= 0.3 is 12.5 Å². The molecule has 0 saturated carbocycles. The molecule has 3 rings (SSSR count). The number of carbonyl (C=O) groups is 1. The van der Waals surface area contributed by atoms with E-state index in [4.69, 9.17) is 9.15 Å². The van der Waals surface area contributed by atoms with Gasteiger partial charge in [-0.25, -0.2) is 9.78 Å². The fourth-order valence-electron chi connectivity index (χ4n) is 2.95. The molecule has 162 valence electrons. The summed E-state index contributed by atoms with van der Waals surface area (Å²) in [6, 6.07) is 3.93. The fraction of sp³-hybridized carbons (Fsp3) is 0.368. The Morgan fingerprint density at radius 3 is 2.80 bits per heavy atom. The molecule has 11 heteroatoms. The molecule has 2 atom stereocenters. The zero-order valence-corrected chi connectivity index (χ0v) is 17.2. The highest BCUT2D eigenvalue weighted by molar-refractivity contribution is 7.11. The third kappa shape index (κ3) is 5.37. The quantitative estimate of drug-likeness (QED) is 0.411. The van der Waals surface area contributed by atoms with Crippen LogP contribution in [0.1, 0.15) is 27.4 Å². The monoisotopic (exact) mass is 442 g/mol. The van der Waals surface area contributed by atoms with Crippen molar-refractivity contribution in [1.82, 2.24) is 10.3 Å². The summed E-state index contributed by atoms with van der Waals surface area (Å²) in [4.78, 5) is 16.8. The molecule has 0 aliphatic rings. The van der Waals surface area contributed by atoms with E-state index in [1.54, 1.807) is 31.3 Å². The fourth-order valence-corrected chi connectivity index (χ4v) is 3.66. The molecule has 0 fully saturated rings. The minimum absolute atomic E-state index is 0.340. The minimum Gasteiger partial charge on any atom is -0.488 e. The molecule has 8 nitrogen and oxygen atoms in total. The van der Waals surface area contributed by atoms with Gasteiger partial charge in [-0.1, -0.05) is 0 Å². The molecule has 30 heavy (non-hydrogen) atoms. The van der Waals surface area contributed by atoms with Crippen molar-refractivity contribution >= 4 is 28.2 Å². The molecule has 0 aliphatic heterocycles. The molecule has 0 radical (unpaired) electrons. The zero-order chi connectivity index (χ0) is 21.8. The van der Waals surface area contributed by atoms with Gasteiger partial charge in [-0.2, -0.15) is 8.78 Å². The first kappa shape index (κ1) is 22.2. The van der Waals surface area contributed by atoms with Gasteiger partial charge in [0.2, 0.25) is 0 Å². The lowest BCUT2D eigenvalue weighted by Gasteiger charge is -2.18. The second-order valence-corrected chi connectivity index (χ2v) is 7.87. The first-order chi connectivity index (χ1) is 14.2. The van der Waals surface area contributed by atoms with Crippen LogP contribution < -0.4 is 15.8 Å². The normalized spacial score (nSPS) is 13.7. The Morgan fingerprint density at radius 2 is 2.17 bits per heavy atom. The van der Waals surface area contributed by atoms with Crippen molar-refractivity contribution in [2.24, 2.45) is 0 Å². The Bertz CT molecular complexity index is 1020. The Hall–Kier alpha value is -2.44. The van der Waals surface area contributed by atoms with Crippen molar-refractivity contribution in [1.29, 1.82) is 0 Å². The summed E-state index contributed by atoms with van der Waals surface area (Å²) < 4.78 is 40.3. The van der Waals surface area contributed by atoms with Gasteiger partial charge in [0.15, 0.2) is 0 Å². The molecule has 5 N–H and O–H groups in total. The molecule has 0 bridgehead atoms. The lowest BCUT2D eigenvalue weighted by Crippen LogP contribution is -2.67. The number of hydrogen-bond acceptors (Lipinski definition) is 8. The number of alkyl halides is 2. The van der Waals surface area contributed by atoms with E-state index < -0.39 is 31.4 Å². The highest BCUT2D eigenvalue weighted by atomic mass is 32.1. The van der Waals surface area contributed by atoms with Crippen LogP contribution >= 0.6 is 11.3 Å². The Morgan fingerprint density at radius 1 is 1.40 bits per heavy atom. The van der Waals surface area contributed by atoms with Crippen molar-refractivity contribution < 1.29 is 38.3 Å². The topological polar surface area (TPSA) is 121 Å².